The smallest absolute Gasteiger partial charge is 0.251 e. The molecule has 0 radical (unpaired) electrons. The van der Waals surface area contributed by atoms with Crippen LogP contribution in [-0.4, -0.2) is 23.1 Å². The largest absolute Gasteiger partial charge is 0.335 e. The molecule has 0 aliphatic rings. The second-order valence-electron chi connectivity index (χ2n) is 11.5. The van der Waals surface area contributed by atoms with E-state index in [0.29, 0.717) is 0 Å². The summed E-state index contributed by atoms with van der Waals surface area (Å²) in [5.41, 5.74) is 6.56. The van der Waals surface area contributed by atoms with Gasteiger partial charge in [-0.25, -0.2) is 13.9 Å². The maximum atomic E-state index is 13.9. The van der Waals surface area contributed by atoms with E-state index in [0.717, 1.165) is 50.0 Å². The van der Waals surface area contributed by atoms with E-state index in [-0.39, 0.29) is 5.56 Å². The SMILES string of the molecule is Cc1ccc(C(NS(=O)C(C)(C)C)(c2ccc3c(c2)c(-c2cccc(C)c2)cc(=O)n3C)c2cncn2C)cc1. The maximum absolute atomic E-state index is 13.9. The molecule has 0 saturated heterocycles. The summed E-state index contributed by atoms with van der Waals surface area (Å²) < 4.78 is 20.6. The van der Waals surface area contributed by atoms with Crippen LogP contribution in [0.5, 0.6) is 0 Å². The van der Waals surface area contributed by atoms with Crippen molar-refractivity contribution in [1.82, 2.24) is 18.8 Å². The number of pyridine rings is 1. The number of nitrogens with zero attached hydrogens (tertiary/aromatic N) is 3. The Morgan fingerprint density at radius 3 is 2.17 bits per heavy atom. The standard InChI is InChI=1S/C33H36N4O2S/c1-22-11-13-25(14-12-22)33(30-20-34-21-36(30)6,35-40(39)32(3,4)5)26-15-16-29-28(18-26)27(19-31(38)37(29)7)24-10-8-9-23(2)17-24/h8-21,35H,1-7H3. The van der Waals surface area contributed by atoms with Crippen LogP contribution in [0, 0.1) is 13.8 Å². The van der Waals surface area contributed by atoms with Gasteiger partial charge in [0.15, 0.2) is 0 Å². The van der Waals surface area contributed by atoms with Crippen molar-refractivity contribution in [2.75, 3.05) is 0 Å². The quantitative estimate of drug-likeness (QED) is 0.285. The number of fused-ring (bicyclic) bond motifs is 1. The van der Waals surface area contributed by atoms with E-state index in [1.54, 1.807) is 24.0 Å². The summed E-state index contributed by atoms with van der Waals surface area (Å²) in [5.74, 6) is 0. The molecule has 0 aliphatic carbocycles. The Hall–Kier alpha value is -3.81. The molecule has 2 heterocycles. The van der Waals surface area contributed by atoms with Crippen molar-refractivity contribution >= 4 is 21.9 Å². The molecule has 0 aliphatic heterocycles. The van der Waals surface area contributed by atoms with Gasteiger partial charge in [-0.15, -0.1) is 0 Å². The minimum absolute atomic E-state index is 0.0693. The zero-order valence-electron chi connectivity index (χ0n) is 24.1. The fourth-order valence-corrected chi connectivity index (χ4v) is 6.12. The highest BCUT2D eigenvalue weighted by Gasteiger charge is 2.42. The third-order valence-electron chi connectivity index (χ3n) is 7.50. The van der Waals surface area contributed by atoms with Crippen LogP contribution < -0.4 is 10.3 Å². The van der Waals surface area contributed by atoms with Gasteiger partial charge in [-0.05, 0) is 69.0 Å². The minimum Gasteiger partial charge on any atom is -0.335 e. The molecule has 0 amide bonds. The van der Waals surface area contributed by atoms with Crippen molar-refractivity contribution in [2.24, 2.45) is 14.1 Å². The van der Waals surface area contributed by atoms with Crippen LogP contribution in [0.1, 0.15) is 48.7 Å². The van der Waals surface area contributed by atoms with Crippen LogP contribution >= 0.6 is 0 Å². The van der Waals surface area contributed by atoms with Crippen molar-refractivity contribution in [1.29, 1.82) is 0 Å². The molecule has 0 bridgehead atoms. The summed E-state index contributed by atoms with van der Waals surface area (Å²) in [5, 5.41) is 0.937. The van der Waals surface area contributed by atoms with Crippen LogP contribution in [0.2, 0.25) is 0 Å². The normalized spacial score (nSPS) is 14.3. The third-order valence-corrected chi connectivity index (χ3v) is 9.10. The van der Waals surface area contributed by atoms with Gasteiger partial charge in [0, 0.05) is 25.5 Å². The molecule has 0 saturated carbocycles. The second-order valence-corrected chi connectivity index (χ2v) is 13.5. The van der Waals surface area contributed by atoms with Crippen molar-refractivity contribution in [2.45, 2.75) is 44.9 Å². The summed E-state index contributed by atoms with van der Waals surface area (Å²) >= 11 is 0. The molecular formula is C33H36N4O2S. The van der Waals surface area contributed by atoms with E-state index in [9.17, 15) is 9.00 Å². The number of aromatic nitrogens is 3. The molecule has 2 atom stereocenters. The monoisotopic (exact) mass is 552 g/mol. The second kappa shape index (κ2) is 10.3. The van der Waals surface area contributed by atoms with E-state index in [1.807, 2.05) is 62.8 Å². The Bertz CT molecular complexity index is 1790. The summed E-state index contributed by atoms with van der Waals surface area (Å²) in [6.07, 6.45) is 3.60. The Balaban J connectivity index is 1.90. The van der Waals surface area contributed by atoms with Gasteiger partial charge in [-0.3, -0.25) is 4.79 Å². The zero-order valence-corrected chi connectivity index (χ0v) is 25.0. The summed E-state index contributed by atoms with van der Waals surface area (Å²) in [6, 6.07) is 24.4. The highest BCUT2D eigenvalue weighted by Crippen LogP contribution is 2.40. The number of aryl methyl sites for hydroxylation is 4. The molecule has 6 nitrogen and oxygen atoms in total. The van der Waals surface area contributed by atoms with E-state index in [1.165, 1.54) is 0 Å². The molecule has 0 spiro atoms. The number of benzene rings is 3. The fraction of sp³-hybridized carbons (Fsp3) is 0.273. The lowest BCUT2D eigenvalue weighted by Gasteiger charge is -2.38. The maximum Gasteiger partial charge on any atom is 0.251 e. The van der Waals surface area contributed by atoms with Crippen LogP contribution in [0.3, 0.4) is 0 Å². The summed E-state index contributed by atoms with van der Waals surface area (Å²) in [7, 11) is 2.31. The average molecular weight is 553 g/mol. The molecule has 40 heavy (non-hydrogen) atoms. The van der Waals surface area contributed by atoms with Crippen molar-refractivity contribution < 1.29 is 4.21 Å². The Morgan fingerprint density at radius 2 is 1.55 bits per heavy atom. The summed E-state index contributed by atoms with van der Waals surface area (Å²) in [6.45, 7) is 10.00. The number of hydrogen-bond acceptors (Lipinski definition) is 3. The van der Waals surface area contributed by atoms with E-state index in [4.69, 9.17) is 0 Å². The average Bonchev–Trinajstić information content (AvgIpc) is 3.35. The lowest BCUT2D eigenvalue weighted by molar-refractivity contribution is 0.528. The van der Waals surface area contributed by atoms with Gasteiger partial charge in [0.05, 0.1) is 39.5 Å². The first kappa shape index (κ1) is 27.7. The Labute approximate surface area is 238 Å². The molecule has 0 fully saturated rings. The van der Waals surface area contributed by atoms with Crippen molar-refractivity contribution in [3.63, 3.8) is 0 Å². The molecule has 2 aromatic heterocycles. The van der Waals surface area contributed by atoms with Crippen LogP contribution in [0.4, 0.5) is 0 Å². The number of nitrogens with one attached hydrogen (secondary N) is 1. The van der Waals surface area contributed by atoms with Crippen molar-refractivity contribution in [3.8, 4) is 11.1 Å². The van der Waals surface area contributed by atoms with Crippen LogP contribution in [0.25, 0.3) is 22.0 Å². The molecular weight excluding hydrogens is 516 g/mol. The Kier molecular flexibility index (Phi) is 7.15. The highest BCUT2D eigenvalue weighted by atomic mass is 32.2. The first-order chi connectivity index (χ1) is 18.9. The lowest BCUT2D eigenvalue weighted by Crippen LogP contribution is -2.50. The molecule has 7 heteroatoms. The van der Waals surface area contributed by atoms with E-state index >= 15 is 0 Å². The van der Waals surface area contributed by atoms with Gasteiger partial charge in [-0.2, -0.15) is 0 Å². The molecule has 5 aromatic rings. The van der Waals surface area contributed by atoms with Gasteiger partial charge in [0.1, 0.15) is 5.54 Å². The van der Waals surface area contributed by atoms with Gasteiger partial charge in [0.25, 0.3) is 5.56 Å². The number of imidazole rings is 1. The molecule has 1 N–H and O–H groups in total. The summed E-state index contributed by atoms with van der Waals surface area (Å²) in [4.78, 5) is 17.5. The van der Waals surface area contributed by atoms with E-state index in [2.05, 4.69) is 66.0 Å². The molecule has 2 unspecified atom stereocenters. The fourth-order valence-electron chi connectivity index (χ4n) is 5.19. The first-order valence-corrected chi connectivity index (χ1v) is 14.5. The third kappa shape index (κ3) is 4.84. The van der Waals surface area contributed by atoms with Crippen LogP contribution in [-0.2, 0) is 30.6 Å². The van der Waals surface area contributed by atoms with Gasteiger partial charge in [0.2, 0.25) is 0 Å². The highest BCUT2D eigenvalue weighted by molar-refractivity contribution is 7.84. The molecule has 5 rings (SSSR count). The number of rotatable bonds is 6. The number of hydrogen-bond donors (Lipinski definition) is 1. The Morgan fingerprint density at radius 1 is 0.850 bits per heavy atom. The first-order valence-electron chi connectivity index (χ1n) is 13.4. The van der Waals surface area contributed by atoms with Gasteiger partial charge >= 0.3 is 0 Å². The minimum atomic E-state index is -1.44. The zero-order chi connectivity index (χ0) is 28.8. The topological polar surface area (TPSA) is 68.9 Å². The van der Waals surface area contributed by atoms with Crippen LogP contribution in [0.15, 0.2) is 90.1 Å². The van der Waals surface area contributed by atoms with Crippen molar-refractivity contribution in [3.05, 3.63) is 124 Å². The predicted octanol–water partition coefficient (Wildman–Crippen LogP) is 5.90. The predicted molar refractivity (Wildman–Crippen MR) is 165 cm³/mol. The van der Waals surface area contributed by atoms with E-state index < -0.39 is 21.3 Å². The lowest BCUT2D eigenvalue weighted by atomic mass is 9.80. The van der Waals surface area contributed by atoms with Gasteiger partial charge in [-0.1, -0.05) is 65.7 Å². The molecule has 206 valence electrons. The van der Waals surface area contributed by atoms with Gasteiger partial charge < -0.3 is 9.13 Å². The molecule has 3 aromatic carbocycles.